The molecule has 0 unspecified atom stereocenters. The zero-order valence-corrected chi connectivity index (χ0v) is 18.8. The third-order valence-corrected chi connectivity index (χ3v) is 6.22. The van der Waals surface area contributed by atoms with Crippen molar-refractivity contribution in [2.24, 2.45) is 4.99 Å². The van der Waals surface area contributed by atoms with E-state index in [4.69, 9.17) is 14.5 Å². The molecule has 1 aliphatic heterocycles. The first kappa shape index (κ1) is 21.9. The number of aliphatic imine (C=N–C) groups is 1. The Hall–Kier alpha value is -3.35. The normalized spacial score (nSPS) is 17.3. The van der Waals surface area contributed by atoms with Crippen LogP contribution in [0.1, 0.15) is 43.2 Å². The number of amides is 2. The van der Waals surface area contributed by atoms with E-state index < -0.39 is 5.66 Å². The summed E-state index contributed by atoms with van der Waals surface area (Å²) >= 11 is 0. The molecule has 2 aromatic carbocycles. The van der Waals surface area contributed by atoms with Crippen LogP contribution in [0.4, 0.5) is 5.69 Å². The van der Waals surface area contributed by atoms with Crippen molar-refractivity contribution in [2.45, 2.75) is 44.7 Å². The number of ether oxygens (including phenoxy) is 2. The molecule has 0 atom stereocenters. The van der Waals surface area contributed by atoms with Crippen LogP contribution in [0, 0.1) is 6.92 Å². The Morgan fingerprint density at radius 1 is 1.03 bits per heavy atom. The number of nitrogens with one attached hydrogen (secondary N) is 1. The van der Waals surface area contributed by atoms with Crippen LogP contribution in [-0.2, 0) is 9.59 Å². The molecular formula is C25H29N3O4. The molecule has 1 spiro atoms. The largest absolute Gasteiger partial charge is 0.493 e. The van der Waals surface area contributed by atoms with Gasteiger partial charge >= 0.3 is 0 Å². The zero-order chi connectivity index (χ0) is 22.7. The lowest BCUT2D eigenvalue weighted by molar-refractivity contribution is -0.134. The molecule has 0 aromatic heterocycles. The molecule has 2 aliphatic rings. The molecule has 1 aliphatic carbocycles. The maximum atomic E-state index is 13.4. The van der Waals surface area contributed by atoms with Crippen LogP contribution in [0.2, 0.25) is 0 Å². The van der Waals surface area contributed by atoms with Gasteiger partial charge in [0.05, 0.1) is 14.2 Å². The second-order valence-corrected chi connectivity index (χ2v) is 8.38. The van der Waals surface area contributed by atoms with Gasteiger partial charge in [0.1, 0.15) is 17.9 Å². The number of nitrogens with zero attached hydrogens (tertiary/aromatic N) is 2. The maximum absolute atomic E-state index is 13.4. The highest BCUT2D eigenvalue weighted by Gasteiger charge is 2.48. The van der Waals surface area contributed by atoms with Crippen molar-refractivity contribution in [3.63, 3.8) is 0 Å². The number of rotatable bonds is 6. The molecule has 168 valence electrons. The number of hydrogen-bond acceptors (Lipinski definition) is 5. The van der Waals surface area contributed by atoms with Gasteiger partial charge in [0.15, 0.2) is 11.5 Å². The Kier molecular flexibility index (Phi) is 6.17. The van der Waals surface area contributed by atoms with Crippen LogP contribution in [0.5, 0.6) is 11.5 Å². The van der Waals surface area contributed by atoms with E-state index in [1.54, 1.807) is 37.3 Å². The summed E-state index contributed by atoms with van der Waals surface area (Å²) in [7, 11) is 3.10. The molecule has 1 saturated carbocycles. The molecule has 2 aromatic rings. The van der Waals surface area contributed by atoms with Crippen molar-refractivity contribution in [1.82, 2.24) is 4.90 Å². The fraction of sp³-hybridized carbons (Fsp3) is 0.400. The first-order valence-electron chi connectivity index (χ1n) is 11.0. The molecule has 0 bridgehead atoms. The minimum atomic E-state index is -0.634. The van der Waals surface area contributed by atoms with Crippen molar-refractivity contribution in [3.8, 4) is 11.5 Å². The van der Waals surface area contributed by atoms with Gasteiger partial charge in [-0.25, -0.2) is 0 Å². The number of benzene rings is 2. The molecule has 7 heteroatoms. The number of aryl methyl sites for hydroxylation is 1. The third kappa shape index (κ3) is 4.20. The van der Waals surface area contributed by atoms with E-state index >= 15 is 0 Å². The van der Waals surface area contributed by atoms with Gasteiger partial charge in [-0.05, 0) is 44.7 Å². The van der Waals surface area contributed by atoms with Gasteiger partial charge in [-0.3, -0.25) is 14.6 Å². The molecule has 2 amide bonds. The van der Waals surface area contributed by atoms with Crippen LogP contribution in [0.25, 0.3) is 0 Å². The van der Waals surface area contributed by atoms with Crippen LogP contribution in [-0.4, -0.2) is 48.9 Å². The monoisotopic (exact) mass is 435 g/mol. The van der Waals surface area contributed by atoms with Crippen LogP contribution < -0.4 is 14.8 Å². The highest BCUT2D eigenvalue weighted by molar-refractivity contribution is 6.47. The predicted octanol–water partition coefficient (Wildman–Crippen LogP) is 3.94. The number of carbonyl (C=O) groups excluding carboxylic acids is 2. The first-order valence-corrected chi connectivity index (χ1v) is 11.0. The van der Waals surface area contributed by atoms with Gasteiger partial charge in [-0.2, -0.15) is 0 Å². The van der Waals surface area contributed by atoms with Gasteiger partial charge < -0.3 is 19.7 Å². The topological polar surface area (TPSA) is 80.2 Å². The Bertz CT molecular complexity index is 1040. The standard InChI is InChI=1S/C25H29N3O4/c1-17-7-9-18(10-8-17)23-24(30)28(25(27-23)13-5-4-6-14-25)16-22(29)26-19-11-12-20(31-2)21(15-19)32-3/h7-12,15H,4-6,13-14,16H2,1-3H3,(H,26,29). The van der Waals surface area contributed by atoms with Crippen molar-refractivity contribution < 1.29 is 19.1 Å². The van der Waals surface area contributed by atoms with E-state index in [1.165, 1.54) is 0 Å². The second-order valence-electron chi connectivity index (χ2n) is 8.38. The maximum Gasteiger partial charge on any atom is 0.275 e. The van der Waals surface area contributed by atoms with Crippen molar-refractivity contribution in [1.29, 1.82) is 0 Å². The Morgan fingerprint density at radius 2 is 1.72 bits per heavy atom. The van der Waals surface area contributed by atoms with Gasteiger partial charge in [0.25, 0.3) is 5.91 Å². The van der Waals surface area contributed by atoms with Gasteiger partial charge in [-0.15, -0.1) is 0 Å². The zero-order valence-electron chi connectivity index (χ0n) is 18.8. The molecule has 32 heavy (non-hydrogen) atoms. The third-order valence-electron chi connectivity index (χ3n) is 6.22. The van der Waals surface area contributed by atoms with Gasteiger partial charge in [0, 0.05) is 17.3 Å². The first-order chi connectivity index (χ1) is 15.5. The molecule has 1 heterocycles. The molecule has 0 saturated heterocycles. The van der Waals surface area contributed by atoms with Crippen LogP contribution >= 0.6 is 0 Å². The Balaban J connectivity index is 1.56. The quantitative estimate of drug-likeness (QED) is 0.745. The van der Waals surface area contributed by atoms with E-state index in [9.17, 15) is 9.59 Å². The number of carbonyl (C=O) groups is 2. The summed E-state index contributed by atoms with van der Waals surface area (Å²) in [4.78, 5) is 33.0. The summed E-state index contributed by atoms with van der Waals surface area (Å²) in [5.74, 6) is 0.655. The average Bonchev–Trinajstić information content (AvgIpc) is 3.06. The fourth-order valence-corrected chi connectivity index (χ4v) is 4.51. The predicted molar refractivity (Wildman–Crippen MR) is 123 cm³/mol. The SMILES string of the molecule is COc1ccc(NC(=O)CN2C(=O)C(c3ccc(C)cc3)=NC23CCCCC3)cc1OC. The summed E-state index contributed by atoms with van der Waals surface area (Å²) in [6.07, 6.45) is 4.66. The van der Waals surface area contributed by atoms with E-state index in [0.29, 0.717) is 22.9 Å². The summed E-state index contributed by atoms with van der Waals surface area (Å²) < 4.78 is 10.6. The van der Waals surface area contributed by atoms with E-state index in [0.717, 1.165) is 43.2 Å². The Morgan fingerprint density at radius 3 is 2.38 bits per heavy atom. The molecule has 4 rings (SSSR count). The number of hydrogen-bond donors (Lipinski definition) is 1. The van der Waals surface area contributed by atoms with Crippen LogP contribution in [0.3, 0.4) is 0 Å². The van der Waals surface area contributed by atoms with Crippen molar-refractivity contribution in [3.05, 3.63) is 53.6 Å². The Labute approximate surface area is 188 Å². The lowest BCUT2D eigenvalue weighted by Gasteiger charge is -2.38. The van der Waals surface area contributed by atoms with Gasteiger partial charge in [-0.1, -0.05) is 36.2 Å². The minimum absolute atomic E-state index is 0.0496. The lowest BCUT2D eigenvalue weighted by atomic mass is 9.88. The molecule has 1 fully saturated rings. The summed E-state index contributed by atoms with van der Waals surface area (Å²) in [6, 6.07) is 13.0. The smallest absolute Gasteiger partial charge is 0.275 e. The highest BCUT2D eigenvalue weighted by Crippen LogP contribution is 2.39. The van der Waals surface area contributed by atoms with Crippen molar-refractivity contribution in [2.75, 3.05) is 26.1 Å². The molecular weight excluding hydrogens is 406 g/mol. The average molecular weight is 436 g/mol. The van der Waals surface area contributed by atoms with Crippen molar-refractivity contribution >= 4 is 23.2 Å². The van der Waals surface area contributed by atoms with E-state index in [1.807, 2.05) is 31.2 Å². The summed E-state index contributed by atoms with van der Waals surface area (Å²) in [6.45, 7) is 1.96. The molecule has 1 N–H and O–H groups in total. The lowest BCUT2D eigenvalue weighted by Crippen LogP contribution is -2.51. The van der Waals surface area contributed by atoms with E-state index in [2.05, 4.69) is 5.32 Å². The van der Waals surface area contributed by atoms with Crippen LogP contribution in [0.15, 0.2) is 47.5 Å². The summed E-state index contributed by atoms with van der Waals surface area (Å²) in [5.41, 5.74) is 2.32. The highest BCUT2D eigenvalue weighted by atomic mass is 16.5. The second kappa shape index (κ2) is 9.02. The number of anilines is 1. The summed E-state index contributed by atoms with van der Waals surface area (Å²) in [5, 5.41) is 2.88. The molecule has 0 radical (unpaired) electrons. The fourth-order valence-electron chi connectivity index (χ4n) is 4.51. The molecule has 7 nitrogen and oxygen atoms in total. The minimum Gasteiger partial charge on any atom is -0.493 e. The van der Waals surface area contributed by atoms with Gasteiger partial charge in [0.2, 0.25) is 5.91 Å². The number of methoxy groups -OCH3 is 2. The van der Waals surface area contributed by atoms with E-state index in [-0.39, 0.29) is 18.4 Å².